The van der Waals surface area contributed by atoms with Gasteiger partial charge < -0.3 is 4.74 Å². The highest BCUT2D eigenvalue weighted by atomic mass is 79.9. The summed E-state index contributed by atoms with van der Waals surface area (Å²) in [6.07, 6.45) is 1.71. The molecule has 0 aliphatic rings. The van der Waals surface area contributed by atoms with Crippen LogP contribution < -0.4 is 4.74 Å². The fourth-order valence-electron chi connectivity index (χ4n) is 2.08. The number of rotatable bonds is 3. The number of alkyl halides is 1. The number of hydrogen-bond acceptors (Lipinski definition) is 2. The Hall–Kier alpha value is -1.29. The highest BCUT2D eigenvalue weighted by Gasteiger charge is 2.12. The summed E-state index contributed by atoms with van der Waals surface area (Å²) in [5, 5.41) is 2.71. The van der Waals surface area contributed by atoms with Crippen molar-refractivity contribution in [3.05, 3.63) is 64.3 Å². The standard InChI is InChI=1S/C16H10BrCl2NO/c17-9-10-3-1-5-13(19)16(10)21-14-7-6-12(18)11-4-2-8-20-15(11)14/h1-8H,9H2. The summed E-state index contributed by atoms with van der Waals surface area (Å²) >= 11 is 15.9. The zero-order valence-electron chi connectivity index (χ0n) is 10.8. The molecule has 21 heavy (non-hydrogen) atoms. The predicted molar refractivity (Wildman–Crippen MR) is 90.9 cm³/mol. The van der Waals surface area contributed by atoms with Crippen molar-refractivity contribution in [1.82, 2.24) is 4.98 Å². The minimum absolute atomic E-state index is 0.561. The molecule has 0 spiro atoms. The van der Waals surface area contributed by atoms with Gasteiger partial charge in [-0.3, -0.25) is 4.98 Å². The molecule has 1 aromatic heterocycles. The van der Waals surface area contributed by atoms with E-state index in [1.54, 1.807) is 24.4 Å². The summed E-state index contributed by atoms with van der Waals surface area (Å²) in [5.41, 5.74) is 1.69. The largest absolute Gasteiger partial charge is 0.453 e. The van der Waals surface area contributed by atoms with Gasteiger partial charge in [-0.05, 0) is 30.3 Å². The van der Waals surface area contributed by atoms with Gasteiger partial charge in [0.05, 0.1) is 10.0 Å². The molecule has 2 nitrogen and oxygen atoms in total. The lowest BCUT2D eigenvalue weighted by Crippen LogP contribution is -1.93. The topological polar surface area (TPSA) is 22.1 Å². The molecule has 0 atom stereocenters. The van der Waals surface area contributed by atoms with Crippen LogP contribution in [0.4, 0.5) is 0 Å². The third kappa shape index (κ3) is 2.86. The average Bonchev–Trinajstić information content (AvgIpc) is 2.52. The number of hydrogen-bond donors (Lipinski definition) is 0. The van der Waals surface area contributed by atoms with Gasteiger partial charge in [-0.1, -0.05) is 51.3 Å². The first-order chi connectivity index (χ1) is 10.2. The van der Waals surface area contributed by atoms with E-state index in [9.17, 15) is 0 Å². The lowest BCUT2D eigenvalue weighted by Gasteiger charge is -2.13. The minimum atomic E-state index is 0.561. The molecule has 0 unspecified atom stereocenters. The summed E-state index contributed by atoms with van der Waals surface area (Å²) < 4.78 is 6.02. The molecule has 0 amide bonds. The van der Waals surface area contributed by atoms with E-state index in [1.165, 1.54) is 0 Å². The molecule has 106 valence electrons. The molecular formula is C16H10BrCl2NO. The van der Waals surface area contributed by atoms with Crippen molar-refractivity contribution in [2.45, 2.75) is 5.33 Å². The Morgan fingerprint density at radius 2 is 1.86 bits per heavy atom. The third-order valence-electron chi connectivity index (χ3n) is 3.08. The first-order valence-corrected chi connectivity index (χ1v) is 8.13. The Kier molecular flexibility index (Phi) is 4.34. The molecular weight excluding hydrogens is 373 g/mol. The van der Waals surface area contributed by atoms with E-state index in [2.05, 4.69) is 20.9 Å². The number of para-hydroxylation sites is 1. The Balaban J connectivity index is 2.13. The van der Waals surface area contributed by atoms with E-state index in [1.807, 2.05) is 24.3 Å². The van der Waals surface area contributed by atoms with Gasteiger partial charge in [-0.2, -0.15) is 0 Å². The van der Waals surface area contributed by atoms with Gasteiger partial charge in [0.2, 0.25) is 0 Å². The van der Waals surface area contributed by atoms with Crippen LogP contribution >= 0.6 is 39.1 Å². The van der Waals surface area contributed by atoms with Gasteiger partial charge in [0, 0.05) is 22.5 Å². The molecule has 0 saturated heterocycles. The minimum Gasteiger partial charge on any atom is -0.453 e. The average molecular weight is 383 g/mol. The van der Waals surface area contributed by atoms with Crippen molar-refractivity contribution in [2.24, 2.45) is 0 Å². The Morgan fingerprint density at radius 1 is 1.00 bits per heavy atom. The van der Waals surface area contributed by atoms with Crippen LogP contribution in [0.1, 0.15) is 5.56 Å². The number of halogens is 3. The van der Waals surface area contributed by atoms with Crippen LogP contribution in [0.25, 0.3) is 10.9 Å². The van der Waals surface area contributed by atoms with E-state index in [0.717, 1.165) is 10.9 Å². The van der Waals surface area contributed by atoms with Gasteiger partial charge in [-0.15, -0.1) is 0 Å². The van der Waals surface area contributed by atoms with Gasteiger partial charge in [0.15, 0.2) is 5.75 Å². The van der Waals surface area contributed by atoms with Crippen molar-refractivity contribution in [3.8, 4) is 11.5 Å². The van der Waals surface area contributed by atoms with Gasteiger partial charge in [-0.25, -0.2) is 0 Å². The monoisotopic (exact) mass is 381 g/mol. The van der Waals surface area contributed by atoms with Crippen LogP contribution in [0.5, 0.6) is 11.5 Å². The highest BCUT2D eigenvalue weighted by molar-refractivity contribution is 9.08. The zero-order valence-corrected chi connectivity index (χ0v) is 13.9. The van der Waals surface area contributed by atoms with E-state index < -0.39 is 0 Å². The van der Waals surface area contributed by atoms with Gasteiger partial charge in [0.25, 0.3) is 0 Å². The first kappa shape index (κ1) is 14.6. The van der Waals surface area contributed by atoms with Crippen molar-refractivity contribution >= 4 is 50.0 Å². The molecule has 5 heteroatoms. The fraction of sp³-hybridized carbons (Fsp3) is 0.0625. The molecule has 0 bridgehead atoms. The van der Waals surface area contributed by atoms with Crippen LogP contribution in [0.3, 0.4) is 0 Å². The number of pyridine rings is 1. The maximum atomic E-state index is 6.25. The summed E-state index contributed by atoms with van der Waals surface area (Å²) in [6.45, 7) is 0. The van der Waals surface area contributed by atoms with Crippen LogP contribution in [-0.4, -0.2) is 4.98 Å². The molecule has 0 aliphatic carbocycles. The number of ether oxygens (including phenoxy) is 1. The van der Waals surface area contributed by atoms with Crippen LogP contribution in [0.15, 0.2) is 48.7 Å². The fourth-order valence-corrected chi connectivity index (χ4v) is 2.97. The Morgan fingerprint density at radius 3 is 2.67 bits per heavy atom. The lowest BCUT2D eigenvalue weighted by molar-refractivity contribution is 0.483. The summed E-state index contributed by atoms with van der Waals surface area (Å²) in [6, 6.07) is 13.0. The maximum absolute atomic E-state index is 6.25. The molecule has 0 saturated carbocycles. The molecule has 0 aliphatic heterocycles. The van der Waals surface area contributed by atoms with E-state index in [4.69, 9.17) is 27.9 Å². The third-order valence-corrected chi connectivity index (χ3v) is 4.32. The van der Waals surface area contributed by atoms with Crippen molar-refractivity contribution in [3.63, 3.8) is 0 Å². The van der Waals surface area contributed by atoms with Crippen molar-refractivity contribution in [2.75, 3.05) is 0 Å². The van der Waals surface area contributed by atoms with E-state index >= 15 is 0 Å². The summed E-state index contributed by atoms with van der Waals surface area (Å²) in [7, 11) is 0. The van der Waals surface area contributed by atoms with Gasteiger partial charge >= 0.3 is 0 Å². The second kappa shape index (κ2) is 6.22. The second-order valence-corrected chi connectivity index (χ2v) is 5.78. The van der Waals surface area contributed by atoms with E-state index in [0.29, 0.717) is 32.4 Å². The molecule has 1 heterocycles. The molecule has 2 aromatic carbocycles. The molecule has 3 rings (SSSR count). The van der Waals surface area contributed by atoms with E-state index in [-0.39, 0.29) is 0 Å². The maximum Gasteiger partial charge on any atom is 0.153 e. The lowest BCUT2D eigenvalue weighted by atomic mass is 10.2. The van der Waals surface area contributed by atoms with Gasteiger partial charge in [0.1, 0.15) is 11.3 Å². The Bertz CT molecular complexity index is 807. The van der Waals surface area contributed by atoms with Crippen molar-refractivity contribution < 1.29 is 4.74 Å². The summed E-state index contributed by atoms with van der Waals surface area (Å²) in [5.74, 6) is 1.26. The quantitative estimate of drug-likeness (QED) is 0.501. The normalized spacial score (nSPS) is 10.8. The first-order valence-electron chi connectivity index (χ1n) is 6.25. The summed E-state index contributed by atoms with van der Waals surface area (Å²) in [4.78, 5) is 4.36. The number of aromatic nitrogens is 1. The smallest absolute Gasteiger partial charge is 0.153 e. The number of benzene rings is 2. The number of fused-ring (bicyclic) bond motifs is 1. The molecule has 3 aromatic rings. The van der Waals surface area contributed by atoms with Crippen molar-refractivity contribution in [1.29, 1.82) is 0 Å². The number of nitrogens with zero attached hydrogens (tertiary/aromatic N) is 1. The zero-order chi connectivity index (χ0) is 14.8. The predicted octanol–water partition coefficient (Wildman–Crippen LogP) is 6.23. The molecule has 0 N–H and O–H groups in total. The highest BCUT2D eigenvalue weighted by Crippen LogP contribution is 2.37. The molecule has 0 radical (unpaired) electrons. The van der Waals surface area contributed by atoms with Crippen LogP contribution in [0.2, 0.25) is 10.0 Å². The van der Waals surface area contributed by atoms with Crippen LogP contribution in [-0.2, 0) is 5.33 Å². The molecule has 0 fully saturated rings. The SMILES string of the molecule is Clc1cccc(CBr)c1Oc1ccc(Cl)c2cccnc12. The van der Waals surface area contributed by atoms with Crippen LogP contribution in [0, 0.1) is 0 Å². The Labute approximate surface area is 140 Å². The second-order valence-electron chi connectivity index (χ2n) is 4.41.